The average molecular weight is 438 g/mol. The summed E-state index contributed by atoms with van der Waals surface area (Å²) in [4.78, 5) is 27.2. The van der Waals surface area contributed by atoms with E-state index in [-0.39, 0.29) is 31.1 Å². The number of anilines is 1. The van der Waals surface area contributed by atoms with E-state index >= 15 is 0 Å². The van der Waals surface area contributed by atoms with Gasteiger partial charge in [0.25, 0.3) is 0 Å². The van der Waals surface area contributed by atoms with E-state index in [1.807, 2.05) is 12.1 Å². The molecule has 0 saturated carbocycles. The molecule has 3 aliphatic rings. The van der Waals surface area contributed by atoms with E-state index in [1.165, 1.54) is 6.92 Å². The van der Waals surface area contributed by atoms with E-state index in [1.54, 1.807) is 12.1 Å². The molecule has 1 atom stereocenters. The minimum Gasteiger partial charge on any atom is -0.490 e. The van der Waals surface area contributed by atoms with Crippen molar-refractivity contribution in [2.75, 3.05) is 38.4 Å². The fraction of sp³-hybridized carbons (Fsp3) is 0.417. The van der Waals surface area contributed by atoms with Crippen LogP contribution in [-0.2, 0) is 4.79 Å². The van der Waals surface area contributed by atoms with Crippen LogP contribution in [0.15, 0.2) is 30.3 Å². The number of carbonyl (C=O) groups is 2. The zero-order valence-corrected chi connectivity index (χ0v) is 18.0. The number of benzene rings is 2. The molecule has 0 aromatic heterocycles. The van der Waals surface area contributed by atoms with Crippen LogP contribution in [-0.4, -0.2) is 49.7 Å². The predicted molar refractivity (Wildman–Crippen MR) is 117 cm³/mol. The highest BCUT2D eigenvalue weighted by Gasteiger charge is 2.29. The average Bonchev–Trinajstić information content (AvgIpc) is 3.36. The molecule has 8 heteroatoms. The van der Waals surface area contributed by atoms with Crippen LogP contribution in [0.4, 0.5) is 5.69 Å². The van der Waals surface area contributed by atoms with Crippen LogP contribution in [0.3, 0.4) is 0 Å². The molecule has 0 aliphatic carbocycles. The van der Waals surface area contributed by atoms with Crippen molar-refractivity contribution in [3.8, 4) is 23.0 Å². The second kappa shape index (κ2) is 8.70. The number of ketones is 1. The molecule has 0 radical (unpaired) electrons. The molecule has 168 valence electrons. The number of nitrogens with zero attached hydrogens (tertiary/aromatic N) is 1. The SMILES string of the molecule is CC(=O)c1cc2c(cc1NC(=O)CN1CCC[C@H]1c1ccc3c(c1)OCCCO3)OCO2. The summed E-state index contributed by atoms with van der Waals surface area (Å²) in [6.07, 6.45) is 2.84. The number of hydrogen-bond acceptors (Lipinski definition) is 7. The Morgan fingerprint density at radius 3 is 2.53 bits per heavy atom. The molecule has 0 bridgehead atoms. The lowest BCUT2D eigenvalue weighted by Crippen LogP contribution is -2.33. The number of Topliss-reactive ketones (excluding diaryl/α,β-unsaturated/α-hetero) is 1. The lowest BCUT2D eigenvalue weighted by atomic mass is 10.0. The Bertz CT molecular complexity index is 1050. The molecule has 1 N–H and O–H groups in total. The number of likely N-dealkylation sites (tertiary alicyclic amines) is 1. The Labute approximate surface area is 186 Å². The van der Waals surface area contributed by atoms with Crippen molar-refractivity contribution in [2.45, 2.75) is 32.2 Å². The van der Waals surface area contributed by atoms with Crippen molar-refractivity contribution >= 4 is 17.4 Å². The first kappa shape index (κ1) is 20.6. The van der Waals surface area contributed by atoms with Gasteiger partial charge >= 0.3 is 0 Å². The van der Waals surface area contributed by atoms with Crippen LogP contribution in [0.2, 0.25) is 0 Å². The van der Waals surface area contributed by atoms with Crippen LogP contribution in [0.1, 0.15) is 48.1 Å². The van der Waals surface area contributed by atoms with Crippen LogP contribution < -0.4 is 24.3 Å². The smallest absolute Gasteiger partial charge is 0.238 e. The molecule has 2 aromatic rings. The van der Waals surface area contributed by atoms with E-state index < -0.39 is 0 Å². The molecule has 5 rings (SSSR count). The summed E-state index contributed by atoms with van der Waals surface area (Å²) < 4.78 is 22.3. The number of hydrogen-bond donors (Lipinski definition) is 1. The van der Waals surface area contributed by atoms with E-state index in [4.69, 9.17) is 18.9 Å². The fourth-order valence-corrected chi connectivity index (χ4v) is 4.49. The summed E-state index contributed by atoms with van der Waals surface area (Å²) in [5, 5.41) is 2.90. The van der Waals surface area contributed by atoms with Gasteiger partial charge in [-0.15, -0.1) is 0 Å². The Kier molecular flexibility index (Phi) is 5.61. The summed E-state index contributed by atoms with van der Waals surface area (Å²) in [7, 11) is 0. The second-order valence-corrected chi connectivity index (χ2v) is 8.24. The van der Waals surface area contributed by atoms with Gasteiger partial charge in [-0.05, 0) is 50.1 Å². The first-order valence-electron chi connectivity index (χ1n) is 11.0. The van der Waals surface area contributed by atoms with E-state index in [2.05, 4.69) is 16.3 Å². The van der Waals surface area contributed by atoms with Gasteiger partial charge < -0.3 is 24.3 Å². The first-order chi connectivity index (χ1) is 15.6. The fourth-order valence-electron chi connectivity index (χ4n) is 4.49. The zero-order valence-electron chi connectivity index (χ0n) is 18.0. The molecule has 2 aromatic carbocycles. The van der Waals surface area contributed by atoms with E-state index in [0.29, 0.717) is 36.0 Å². The first-order valence-corrected chi connectivity index (χ1v) is 11.0. The lowest BCUT2D eigenvalue weighted by molar-refractivity contribution is -0.117. The molecular weight excluding hydrogens is 412 g/mol. The van der Waals surface area contributed by atoms with E-state index in [0.717, 1.165) is 42.9 Å². The molecule has 3 aliphatic heterocycles. The Hall–Kier alpha value is -3.26. The maximum Gasteiger partial charge on any atom is 0.238 e. The van der Waals surface area contributed by atoms with Gasteiger partial charge in [-0.2, -0.15) is 0 Å². The summed E-state index contributed by atoms with van der Waals surface area (Å²) in [6, 6.07) is 9.45. The van der Waals surface area contributed by atoms with E-state index in [9.17, 15) is 9.59 Å². The third-order valence-corrected chi connectivity index (χ3v) is 6.03. The third-order valence-electron chi connectivity index (χ3n) is 6.03. The lowest BCUT2D eigenvalue weighted by Gasteiger charge is -2.25. The normalized spacial score (nSPS) is 19.5. The Morgan fingerprint density at radius 2 is 1.72 bits per heavy atom. The van der Waals surface area contributed by atoms with Crippen LogP contribution in [0, 0.1) is 0 Å². The van der Waals surface area contributed by atoms with Gasteiger partial charge in [0.15, 0.2) is 28.8 Å². The largest absolute Gasteiger partial charge is 0.490 e. The van der Waals surface area contributed by atoms with Gasteiger partial charge in [-0.1, -0.05) is 6.07 Å². The van der Waals surface area contributed by atoms with Crippen molar-refractivity contribution in [3.63, 3.8) is 0 Å². The predicted octanol–water partition coefficient (Wildman–Crippen LogP) is 3.55. The Morgan fingerprint density at radius 1 is 0.969 bits per heavy atom. The van der Waals surface area contributed by atoms with Crippen molar-refractivity contribution in [2.24, 2.45) is 0 Å². The van der Waals surface area contributed by atoms with Crippen molar-refractivity contribution in [1.82, 2.24) is 4.90 Å². The molecule has 8 nitrogen and oxygen atoms in total. The molecule has 1 fully saturated rings. The van der Waals surface area contributed by atoms with Gasteiger partial charge in [-0.3, -0.25) is 14.5 Å². The molecule has 0 spiro atoms. The van der Waals surface area contributed by atoms with Gasteiger partial charge in [-0.25, -0.2) is 0 Å². The topological polar surface area (TPSA) is 86.3 Å². The standard InChI is InChI=1S/C24H26N2O6/c1-15(27)17-11-22-23(32-14-31-22)12-18(17)25-24(28)13-26-7-2-4-19(26)16-5-6-20-21(10-16)30-9-3-8-29-20/h5-6,10-12,19H,2-4,7-9,13-14H2,1H3,(H,25,28)/t19-/m0/s1. The van der Waals surface area contributed by atoms with Crippen LogP contribution in [0.5, 0.6) is 23.0 Å². The molecule has 0 unspecified atom stereocenters. The number of amides is 1. The zero-order chi connectivity index (χ0) is 22.1. The molecule has 32 heavy (non-hydrogen) atoms. The van der Waals surface area contributed by atoms with Gasteiger partial charge in [0.1, 0.15) is 0 Å². The van der Waals surface area contributed by atoms with Gasteiger partial charge in [0.05, 0.1) is 25.4 Å². The van der Waals surface area contributed by atoms with Crippen molar-refractivity contribution < 1.29 is 28.5 Å². The van der Waals surface area contributed by atoms with Gasteiger partial charge in [0.2, 0.25) is 12.7 Å². The summed E-state index contributed by atoms with van der Waals surface area (Å²) in [5.41, 5.74) is 1.97. The molecular formula is C24H26N2O6. The third kappa shape index (κ3) is 4.10. The highest BCUT2D eigenvalue weighted by Crippen LogP contribution is 2.39. The number of ether oxygens (including phenoxy) is 4. The molecule has 3 heterocycles. The van der Waals surface area contributed by atoms with Gasteiger partial charge in [0, 0.05) is 24.1 Å². The minimum atomic E-state index is -0.174. The van der Waals surface area contributed by atoms with Crippen LogP contribution >= 0.6 is 0 Å². The minimum absolute atomic E-state index is 0.106. The van der Waals surface area contributed by atoms with Crippen LogP contribution in [0.25, 0.3) is 0 Å². The quantitative estimate of drug-likeness (QED) is 0.715. The van der Waals surface area contributed by atoms with Crippen molar-refractivity contribution in [3.05, 3.63) is 41.5 Å². The monoisotopic (exact) mass is 438 g/mol. The maximum atomic E-state index is 12.9. The number of carbonyl (C=O) groups excluding carboxylic acids is 2. The highest BCUT2D eigenvalue weighted by atomic mass is 16.7. The van der Waals surface area contributed by atoms with Crippen molar-refractivity contribution in [1.29, 1.82) is 0 Å². The number of nitrogens with one attached hydrogen (secondary N) is 1. The summed E-state index contributed by atoms with van der Waals surface area (Å²) in [5.74, 6) is 2.26. The number of fused-ring (bicyclic) bond motifs is 2. The highest BCUT2D eigenvalue weighted by molar-refractivity contribution is 6.05. The number of rotatable bonds is 5. The second-order valence-electron chi connectivity index (χ2n) is 8.24. The maximum absolute atomic E-state index is 12.9. The summed E-state index contributed by atoms with van der Waals surface area (Å²) in [6.45, 7) is 3.92. The Balaban J connectivity index is 1.31. The molecule has 1 amide bonds. The molecule has 1 saturated heterocycles. The summed E-state index contributed by atoms with van der Waals surface area (Å²) >= 11 is 0.